The SMILES string of the molecule is C=Cc1ccc(C)nc1.O.O=C(O)C(=O)O. The quantitative estimate of drug-likeness (QED) is 0.671. The lowest BCUT2D eigenvalue weighted by molar-refractivity contribution is -0.159. The van der Waals surface area contributed by atoms with Crippen molar-refractivity contribution >= 4 is 18.0 Å². The van der Waals surface area contributed by atoms with Gasteiger partial charge in [-0.15, -0.1) is 0 Å². The van der Waals surface area contributed by atoms with E-state index in [9.17, 15) is 0 Å². The molecule has 0 radical (unpaired) electrons. The van der Waals surface area contributed by atoms with Crippen LogP contribution in [-0.4, -0.2) is 32.6 Å². The summed E-state index contributed by atoms with van der Waals surface area (Å²) in [6.45, 7) is 5.59. The Bertz CT molecular complexity index is 346. The number of hydrogen-bond acceptors (Lipinski definition) is 3. The van der Waals surface area contributed by atoms with E-state index < -0.39 is 11.9 Å². The first-order valence-corrected chi connectivity index (χ1v) is 3.98. The van der Waals surface area contributed by atoms with Crippen molar-refractivity contribution in [2.24, 2.45) is 0 Å². The minimum absolute atomic E-state index is 0. The van der Waals surface area contributed by atoms with E-state index in [4.69, 9.17) is 19.8 Å². The van der Waals surface area contributed by atoms with Gasteiger partial charge in [0.15, 0.2) is 0 Å². The van der Waals surface area contributed by atoms with E-state index in [1.165, 1.54) is 0 Å². The predicted molar refractivity (Wildman–Crippen MR) is 58.0 cm³/mol. The molecule has 6 heteroatoms. The zero-order chi connectivity index (χ0) is 11.8. The van der Waals surface area contributed by atoms with E-state index in [2.05, 4.69) is 11.6 Å². The maximum absolute atomic E-state index is 9.10. The van der Waals surface area contributed by atoms with Gasteiger partial charge in [0.05, 0.1) is 0 Å². The fraction of sp³-hybridized carbons (Fsp3) is 0.100. The van der Waals surface area contributed by atoms with Gasteiger partial charge in [-0.05, 0) is 18.6 Å². The van der Waals surface area contributed by atoms with Gasteiger partial charge in [-0.3, -0.25) is 4.98 Å². The molecule has 0 amide bonds. The van der Waals surface area contributed by atoms with E-state index >= 15 is 0 Å². The Morgan fingerprint density at radius 3 is 2.06 bits per heavy atom. The van der Waals surface area contributed by atoms with Gasteiger partial charge in [-0.1, -0.05) is 18.7 Å². The summed E-state index contributed by atoms with van der Waals surface area (Å²) >= 11 is 0. The molecule has 1 rings (SSSR count). The highest BCUT2D eigenvalue weighted by Gasteiger charge is 2.04. The fourth-order valence-electron chi connectivity index (χ4n) is 0.600. The third-order valence-corrected chi connectivity index (χ3v) is 1.35. The monoisotopic (exact) mass is 227 g/mol. The molecule has 88 valence electrons. The average molecular weight is 227 g/mol. The zero-order valence-electron chi connectivity index (χ0n) is 8.67. The van der Waals surface area contributed by atoms with Crippen molar-refractivity contribution in [2.45, 2.75) is 6.92 Å². The molecule has 0 aliphatic heterocycles. The van der Waals surface area contributed by atoms with Crippen LogP contribution >= 0.6 is 0 Å². The second kappa shape index (κ2) is 8.13. The van der Waals surface area contributed by atoms with E-state index in [0.29, 0.717) is 0 Å². The number of hydrogen-bond donors (Lipinski definition) is 2. The topological polar surface area (TPSA) is 119 Å². The normalized spacial score (nSPS) is 7.81. The van der Waals surface area contributed by atoms with Crippen LogP contribution in [0.25, 0.3) is 6.08 Å². The molecule has 1 heterocycles. The first-order valence-electron chi connectivity index (χ1n) is 3.98. The first-order chi connectivity index (χ1) is 6.97. The third kappa shape index (κ3) is 7.22. The number of rotatable bonds is 1. The molecule has 0 bridgehead atoms. The summed E-state index contributed by atoms with van der Waals surface area (Å²) in [5.74, 6) is -3.65. The standard InChI is InChI=1S/C8H9N.C2H2O4.H2O/c1-3-8-5-4-7(2)9-6-8;3-1(4)2(5)6;/h3-6H,1H2,2H3;(H,3,4)(H,5,6);1H2. The highest BCUT2D eigenvalue weighted by Crippen LogP contribution is 1.98. The fourth-order valence-corrected chi connectivity index (χ4v) is 0.600. The second-order valence-electron chi connectivity index (χ2n) is 2.55. The largest absolute Gasteiger partial charge is 0.473 e. The van der Waals surface area contributed by atoms with Crippen molar-refractivity contribution in [3.8, 4) is 0 Å². The van der Waals surface area contributed by atoms with E-state index in [1.54, 1.807) is 6.08 Å². The van der Waals surface area contributed by atoms with Crippen molar-refractivity contribution in [1.29, 1.82) is 0 Å². The van der Waals surface area contributed by atoms with Crippen LogP contribution in [0, 0.1) is 6.92 Å². The summed E-state index contributed by atoms with van der Waals surface area (Å²) in [5, 5.41) is 14.8. The number of carboxylic acids is 2. The Hall–Kier alpha value is -2.21. The maximum Gasteiger partial charge on any atom is 0.414 e. The van der Waals surface area contributed by atoms with Gasteiger partial charge in [-0.2, -0.15) is 0 Å². The molecule has 16 heavy (non-hydrogen) atoms. The van der Waals surface area contributed by atoms with E-state index in [0.717, 1.165) is 11.3 Å². The molecule has 0 aliphatic carbocycles. The minimum Gasteiger partial charge on any atom is -0.473 e. The number of aliphatic carboxylic acids is 2. The highest BCUT2D eigenvalue weighted by molar-refractivity contribution is 6.27. The van der Waals surface area contributed by atoms with Crippen LogP contribution in [-0.2, 0) is 9.59 Å². The van der Waals surface area contributed by atoms with Crippen LogP contribution in [0.2, 0.25) is 0 Å². The van der Waals surface area contributed by atoms with E-state index in [-0.39, 0.29) is 5.48 Å². The lowest BCUT2D eigenvalue weighted by Gasteiger charge is -1.90. The molecule has 0 saturated carbocycles. The lowest BCUT2D eigenvalue weighted by atomic mass is 10.2. The molecule has 4 N–H and O–H groups in total. The van der Waals surface area contributed by atoms with Crippen LogP contribution < -0.4 is 0 Å². The Morgan fingerprint density at radius 1 is 1.31 bits per heavy atom. The predicted octanol–water partition coefficient (Wildman–Crippen LogP) is 0.364. The molecule has 6 nitrogen and oxygen atoms in total. The van der Waals surface area contributed by atoms with Crippen LogP contribution in [0.5, 0.6) is 0 Å². The maximum atomic E-state index is 9.10. The van der Waals surface area contributed by atoms with Crippen LogP contribution in [0.1, 0.15) is 11.3 Å². The minimum atomic E-state index is -1.82. The Morgan fingerprint density at radius 2 is 1.81 bits per heavy atom. The van der Waals surface area contributed by atoms with Gasteiger partial charge in [-0.25, -0.2) is 9.59 Å². The smallest absolute Gasteiger partial charge is 0.414 e. The highest BCUT2D eigenvalue weighted by atomic mass is 16.4. The van der Waals surface area contributed by atoms with Gasteiger partial charge in [0.25, 0.3) is 0 Å². The molecule has 0 spiro atoms. The lowest BCUT2D eigenvalue weighted by Crippen LogP contribution is -2.09. The molecular formula is C10H13NO5. The summed E-state index contributed by atoms with van der Waals surface area (Å²) in [4.78, 5) is 22.3. The first kappa shape index (κ1) is 16.2. The number of aryl methyl sites for hydroxylation is 1. The van der Waals surface area contributed by atoms with Crippen LogP contribution in [0.4, 0.5) is 0 Å². The molecule has 0 aromatic carbocycles. The molecule has 1 aromatic rings. The number of carbonyl (C=O) groups is 2. The molecule has 0 unspecified atom stereocenters. The number of pyridine rings is 1. The summed E-state index contributed by atoms with van der Waals surface area (Å²) in [6.07, 6.45) is 3.59. The Labute approximate surface area is 92.2 Å². The summed E-state index contributed by atoms with van der Waals surface area (Å²) in [7, 11) is 0. The van der Waals surface area contributed by atoms with Crippen molar-refractivity contribution in [2.75, 3.05) is 0 Å². The number of carboxylic acid groups (broad SMARTS) is 2. The van der Waals surface area contributed by atoms with Crippen molar-refractivity contribution < 1.29 is 25.3 Å². The van der Waals surface area contributed by atoms with Crippen molar-refractivity contribution in [3.63, 3.8) is 0 Å². The Balaban J connectivity index is 0. The third-order valence-electron chi connectivity index (χ3n) is 1.35. The summed E-state index contributed by atoms with van der Waals surface area (Å²) in [6, 6.07) is 3.96. The number of aromatic nitrogens is 1. The van der Waals surface area contributed by atoms with Gasteiger partial charge >= 0.3 is 11.9 Å². The van der Waals surface area contributed by atoms with Crippen LogP contribution in [0.3, 0.4) is 0 Å². The molecular weight excluding hydrogens is 214 g/mol. The van der Waals surface area contributed by atoms with Gasteiger partial charge in [0.1, 0.15) is 0 Å². The van der Waals surface area contributed by atoms with Gasteiger partial charge in [0.2, 0.25) is 0 Å². The van der Waals surface area contributed by atoms with Gasteiger partial charge < -0.3 is 15.7 Å². The number of nitrogens with zero attached hydrogens (tertiary/aromatic N) is 1. The van der Waals surface area contributed by atoms with E-state index in [1.807, 2.05) is 25.3 Å². The summed E-state index contributed by atoms with van der Waals surface area (Å²) in [5.41, 5.74) is 2.11. The van der Waals surface area contributed by atoms with Crippen LogP contribution in [0.15, 0.2) is 24.9 Å². The Kier molecular flexibility index (Phi) is 8.24. The zero-order valence-corrected chi connectivity index (χ0v) is 8.67. The molecule has 1 aromatic heterocycles. The van der Waals surface area contributed by atoms with Crippen molar-refractivity contribution in [3.05, 3.63) is 36.2 Å². The molecule has 0 atom stereocenters. The molecule has 0 fully saturated rings. The second-order valence-corrected chi connectivity index (χ2v) is 2.55. The van der Waals surface area contributed by atoms with Gasteiger partial charge in [0, 0.05) is 11.9 Å². The average Bonchev–Trinajstić information content (AvgIpc) is 2.20. The van der Waals surface area contributed by atoms with Crippen molar-refractivity contribution in [1.82, 2.24) is 4.98 Å². The summed E-state index contributed by atoms with van der Waals surface area (Å²) < 4.78 is 0. The molecule has 0 aliphatic rings. The molecule has 0 saturated heterocycles.